The smallest absolute Gasteiger partial charge is 0.307 e. The molecule has 1 amide bonds. The Hall–Kier alpha value is -4.03. The number of hydrogen-bond acceptors (Lipinski definition) is 10. The molecule has 0 bridgehead atoms. The molecule has 0 saturated carbocycles. The van der Waals surface area contributed by atoms with Crippen molar-refractivity contribution in [3.8, 4) is 5.75 Å². The number of aryl methyl sites for hydroxylation is 1. The fourth-order valence-electron chi connectivity index (χ4n) is 4.55. The third-order valence-corrected chi connectivity index (χ3v) is 7.68. The summed E-state index contributed by atoms with van der Waals surface area (Å²) in [5.74, 6) is 0.441. The summed E-state index contributed by atoms with van der Waals surface area (Å²) in [5, 5.41) is 12.5. The Bertz CT molecular complexity index is 1410. The number of rotatable bonds is 11. The Kier molecular flexibility index (Phi) is 8.03. The Morgan fingerprint density at radius 2 is 2.10 bits per heavy atom. The van der Waals surface area contributed by atoms with Crippen LogP contribution in [-0.4, -0.2) is 74.3 Å². The molecule has 202 valence electrons. The van der Waals surface area contributed by atoms with Crippen molar-refractivity contribution in [3.63, 3.8) is 0 Å². The number of thioether (sulfide) groups is 1. The lowest BCUT2D eigenvalue weighted by Crippen LogP contribution is -2.63. The Balaban J connectivity index is 1.45. The van der Waals surface area contributed by atoms with E-state index in [1.165, 1.54) is 6.08 Å². The standard InChI is InChI=1S/C27H28N6O5S/c1-4-11-37-23(34)13-22-26(35)33-24(19(15-38-27(22)33)16-39-21-7-9-28-10-8-21)25-29-30-31-32(25)14-18-5-6-20(36-3)12-17(18)2/h4-10,12,22,27H,1,11,13-16H2,2-3H3/t22-,27-/m1/s1. The van der Waals surface area contributed by atoms with E-state index in [1.807, 2.05) is 37.3 Å². The summed E-state index contributed by atoms with van der Waals surface area (Å²) in [5.41, 5.74) is 3.53. The van der Waals surface area contributed by atoms with Gasteiger partial charge < -0.3 is 14.2 Å². The van der Waals surface area contributed by atoms with Crippen LogP contribution in [0.2, 0.25) is 0 Å². The summed E-state index contributed by atoms with van der Waals surface area (Å²) in [6, 6.07) is 9.67. The third kappa shape index (κ3) is 5.57. The molecule has 1 saturated heterocycles. The predicted octanol–water partition coefficient (Wildman–Crippen LogP) is 2.87. The Labute approximate surface area is 229 Å². The summed E-state index contributed by atoms with van der Waals surface area (Å²) in [6.07, 6.45) is 4.28. The van der Waals surface area contributed by atoms with Gasteiger partial charge in [-0.3, -0.25) is 19.5 Å². The van der Waals surface area contributed by atoms with Gasteiger partial charge in [0.05, 0.1) is 38.3 Å². The predicted molar refractivity (Wildman–Crippen MR) is 142 cm³/mol. The van der Waals surface area contributed by atoms with Crippen molar-refractivity contribution >= 4 is 29.3 Å². The van der Waals surface area contributed by atoms with Crippen molar-refractivity contribution < 1.29 is 23.8 Å². The molecular weight excluding hydrogens is 520 g/mol. The van der Waals surface area contributed by atoms with Crippen LogP contribution < -0.4 is 4.74 Å². The monoisotopic (exact) mass is 548 g/mol. The zero-order chi connectivity index (χ0) is 27.4. The number of aromatic nitrogens is 5. The number of tetrazole rings is 1. The number of ether oxygens (including phenoxy) is 3. The Morgan fingerprint density at radius 1 is 1.28 bits per heavy atom. The van der Waals surface area contributed by atoms with Gasteiger partial charge in [0.1, 0.15) is 18.6 Å². The van der Waals surface area contributed by atoms with E-state index in [9.17, 15) is 9.59 Å². The first-order valence-electron chi connectivity index (χ1n) is 12.4. The SMILES string of the molecule is C=CCOC(=O)C[C@@H]1C(=O)N2C(c3nnnn3Cc3ccc(OC)cc3C)=C(CSc3ccncc3)CO[C@H]12. The molecule has 3 aromatic rings. The number of pyridine rings is 1. The third-order valence-electron chi connectivity index (χ3n) is 6.58. The van der Waals surface area contributed by atoms with Gasteiger partial charge in [-0.15, -0.1) is 16.9 Å². The zero-order valence-corrected chi connectivity index (χ0v) is 22.5. The molecule has 0 aliphatic carbocycles. The van der Waals surface area contributed by atoms with E-state index < -0.39 is 18.1 Å². The largest absolute Gasteiger partial charge is 0.497 e. The van der Waals surface area contributed by atoms with E-state index >= 15 is 0 Å². The molecule has 39 heavy (non-hydrogen) atoms. The van der Waals surface area contributed by atoms with E-state index in [2.05, 4.69) is 27.1 Å². The van der Waals surface area contributed by atoms with Gasteiger partial charge in [0, 0.05) is 23.0 Å². The van der Waals surface area contributed by atoms with Gasteiger partial charge in [-0.05, 0) is 58.3 Å². The second kappa shape index (κ2) is 11.8. The van der Waals surface area contributed by atoms with Gasteiger partial charge in [-0.1, -0.05) is 18.7 Å². The number of amides is 1. The highest BCUT2D eigenvalue weighted by Crippen LogP contribution is 2.43. The Morgan fingerprint density at radius 3 is 2.85 bits per heavy atom. The number of β-lactam (4-membered cyclic amide) rings is 1. The number of carbonyl (C=O) groups excluding carboxylic acids is 2. The lowest BCUT2D eigenvalue weighted by Gasteiger charge is -2.50. The lowest BCUT2D eigenvalue weighted by molar-refractivity contribution is -0.187. The van der Waals surface area contributed by atoms with Crippen molar-refractivity contribution in [2.45, 2.75) is 31.0 Å². The summed E-state index contributed by atoms with van der Waals surface area (Å²) in [6.45, 7) is 6.31. The maximum atomic E-state index is 13.4. The molecule has 2 aliphatic heterocycles. The van der Waals surface area contributed by atoms with E-state index in [-0.39, 0.29) is 25.5 Å². The molecule has 0 radical (unpaired) electrons. The molecule has 12 heteroatoms. The maximum Gasteiger partial charge on any atom is 0.307 e. The van der Waals surface area contributed by atoms with Crippen molar-refractivity contribution in [1.82, 2.24) is 30.1 Å². The fourth-order valence-corrected chi connectivity index (χ4v) is 5.43. The number of fused-ring (bicyclic) bond motifs is 1. The van der Waals surface area contributed by atoms with Crippen LogP contribution in [0.5, 0.6) is 5.75 Å². The molecule has 0 unspecified atom stereocenters. The first-order chi connectivity index (χ1) is 19.0. The molecular formula is C27H28N6O5S. The van der Waals surface area contributed by atoms with Crippen LogP contribution in [0.4, 0.5) is 0 Å². The highest BCUT2D eigenvalue weighted by Gasteiger charge is 2.54. The first kappa shape index (κ1) is 26.6. The van der Waals surface area contributed by atoms with E-state index in [4.69, 9.17) is 14.2 Å². The quantitative estimate of drug-likeness (QED) is 0.153. The number of nitrogens with zero attached hydrogens (tertiary/aromatic N) is 6. The van der Waals surface area contributed by atoms with E-state index in [1.54, 1.807) is 40.8 Å². The van der Waals surface area contributed by atoms with Crippen molar-refractivity contribution in [1.29, 1.82) is 0 Å². The highest BCUT2D eigenvalue weighted by molar-refractivity contribution is 7.99. The molecule has 0 N–H and O–H groups in total. The molecule has 2 atom stereocenters. The maximum absolute atomic E-state index is 13.4. The van der Waals surface area contributed by atoms with Crippen LogP contribution >= 0.6 is 11.8 Å². The number of carbonyl (C=O) groups is 2. The second-order valence-corrected chi connectivity index (χ2v) is 10.1. The van der Waals surface area contributed by atoms with Crippen LogP contribution in [0, 0.1) is 12.8 Å². The van der Waals surface area contributed by atoms with Gasteiger partial charge in [0.25, 0.3) is 0 Å². The van der Waals surface area contributed by atoms with Gasteiger partial charge in [-0.25, -0.2) is 4.68 Å². The fraction of sp³-hybridized carbons (Fsp3) is 0.333. The van der Waals surface area contributed by atoms with Crippen molar-refractivity contribution in [2.24, 2.45) is 5.92 Å². The topological polar surface area (TPSA) is 122 Å². The molecule has 5 rings (SSSR count). The van der Waals surface area contributed by atoms with E-state index in [0.29, 0.717) is 23.8 Å². The number of hydrogen-bond donors (Lipinski definition) is 0. The highest BCUT2D eigenvalue weighted by atomic mass is 32.2. The van der Waals surface area contributed by atoms with Gasteiger partial charge in [0.15, 0.2) is 5.82 Å². The minimum Gasteiger partial charge on any atom is -0.497 e. The molecule has 1 fully saturated rings. The summed E-state index contributed by atoms with van der Waals surface area (Å²) < 4.78 is 18.2. The van der Waals surface area contributed by atoms with Crippen molar-refractivity contribution in [2.75, 3.05) is 26.1 Å². The zero-order valence-electron chi connectivity index (χ0n) is 21.6. The number of benzene rings is 1. The molecule has 11 nitrogen and oxygen atoms in total. The normalized spacial score (nSPS) is 18.4. The molecule has 4 heterocycles. The van der Waals surface area contributed by atoms with Crippen LogP contribution in [0.3, 0.4) is 0 Å². The average molecular weight is 549 g/mol. The number of methoxy groups -OCH3 is 1. The molecule has 1 aromatic carbocycles. The van der Waals surface area contributed by atoms with Gasteiger partial charge in [0.2, 0.25) is 5.91 Å². The second-order valence-electron chi connectivity index (χ2n) is 9.07. The van der Waals surface area contributed by atoms with Crippen LogP contribution in [0.15, 0.2) is 65.8 Å². The van der Waals surface area contributed by atoms with Gasteiger partial charge in [-0.2, -0.15) is 0 Å². The van der Waals surface area contributed by atoms with E-state index in [0.717, 1.165) is 27.3 Å². The van der Waals surface area contributed by atoms with Crippen LogP contribution in [-0.2, 0) is 25.6 Å². The summed E-state index contributed by atoms with van der Waals surface area (Å²) in [7, 11) is 1.63. The average Bonchev–Trinajstić information content (AvgIpc) is 3.42. The first-order valence-corrected chi connectivity index (χ1v) is 13.3. The van der Waals surface area contributed by atoms with Crippen LogP contribution in [0.1, 0.15) is 23.4 Å². The van der Waals surface area contributed by atoms with Gasteiger partial charge >= 0.3 is 5.97 Å². The minimum absolute atomic E-state index is 0.0712. The number of esters is 1. The summed E-state index contributed by atoms with van der Waals surface area (Å²) in [4.78, 5) is 32.3. The summed E-state index contributed by atoms with van der Waals surface area (Å²) >= 11 is 1.60. The molecule has 2 aromatic heterocycles. The minimum atomic E-state index is -0.639. The lowest BCUT2D eigenvalue weighted by atomic mass is 9.89. The molecule has 0 spiro atoms. The van der Waals surface area contributed by atoms with Crippen LogP contribution in [0.25, 0.3) is 5.70 Å². The molecule has 2 aliphatic rings. The van der Waals surface area contributed by atoms with Crippen molar-refractivity contribution in [3.05, 3.63) is 77.9 Å².